The highest BCUT2D eigenvalue weighted by Crippen LogP contribution is 2.46. The predicted molar refractivity (Wildman–Crippen MR) is 100 cm³/mol. The van der Waals surface area contributed by atoms with E-state index in [0.717, 1.165) is 28.5 Å². The van der Waals surface area contributed by atoms with Crippen molar-refractivity contribution in [2.45, 2.75) is 25.3 Å². The highest BCUT2D eigenvalue weighted by atomic mass is 32.1. The van der Waals surface area contributed by atoms with Crippen molar-refractivity contribution in [3.05, 3.63) is 52.4 Å². The van der Waals surface area contributed by atoms with Crippen molar-refractivity contribution < 1.29 is 13.9 Å². The summed E-state index contributed by atoms with van der Waals surface area (Å²) >= 11 is 1.34. The summed E-state index contributed by atoms with van der Waals surface area (Å²) in [6.45, 7) is 0.209. The maximum atomic E-state index is 13.8. The number of carbonyl (C=O) groups excluding carboxylic acids is 1. The van der Waals surface area contributed by atoms with Gasteiger partial charge in [-0.25, -0.2) is 4.39 Å². The number of rotatable bonds is 5. The number of hydrogen-bond acceptors (Lipinski definition) is 5. The van der Waals surface area contributed by atoms with Crippen LogP contribution in [0.4, 0.5) is 10.1 Å². The first-order chi connectivity index (χ1) is 12.6. The number of methoxy groups -OCH3 is 1. The smallest absolute Gasteiger partial charge is 0.263 e. The van der Waals surface area contributed by atoms with E-state index in [1.807, 2.05) is 6.20 Å². The van der Waals surface area contributed by atoms with Gasteiger partial charge in [0, 0.05) is 24.3 Å². The molecule has 3 N–H and O–H groups in total. The molecule has 0 radical (unpaired) electrons. The third-order valence-corrected chi connectivity index (χ3v) is 5.70. The van der Waals surface area contributed by atoms with Crippen LogP contribution >= 0.6 is 11.3 Å². The largest absolute Gasteiger partial charge is 0.494 e. The molecule has 0 aliphatic heterocycles. The van der Waals surface area contributed by atoms with Crippen LogP contribution in [0.25, 0.3) is 10.1 Å². The monoisotopic (exact) mass is 371 g/mol. The van der Waals surface area contributed by atoms with Gasteiger partial charge < -0.3 is 15.8 Å². The normalized spacial score (nSPS) is 13.8. The van der Waals surface area contributed by atoms with Crippen molar-refractivity contribution in [1.29, 1.82) is 0 Å². The Morgan fingerprint density at radius 1 is 1.42 bits per heavy atom. The lowest BCUT2D eigenvalue weighted by Gasteiger charge is -2.07. The minimum Gasteiger partial charge on any atom is -0.494 e. The van der Waals surface area contributed by atoms with E-state index in [-0.39, 0.29) is 18.2 Å². The molecule has 134 valence electrons. The molecule has 1 saturated carbocycles. The van der Waals surface area contributed by atoms with Gasteiger partial charge in [-0.15, -0.1) is 11.3 Å². The number of thiophene rings is 1. The lowest BCUT2D eigenvalue weighted by molar-refractivity contribution is 0.0956. The van der Waals surface area contributed by atoms with Crippen LogP contribution in [0.1, 0.15) is 39.6 Å². The number of nitrogens with two attached hydrogens (primary N) is 1. The van der Waals surface area contributed by atoms with Gasteiger partial charge in [0.25, 0.3) is 5.91 Å². The van der Waals surface area contributed by atoms with Crippen LogP contribution in [0, 0.1) is 5.82 Å². The van der Waals surface area contributed by atoms with Crippen LogP contribution in [0.5, 0.6) is 5.75 Å². The number of nitrogens with zero attached hydrogens (tertiary/aromatic N) is 1. The zero-order chi connectivity index (χ0) is 18.3. The molecule has 26 heavy (non-hydrogen) atoms. The zero-order valence-corrected chi connectivity index (χ0v) is 15.0. The Bertz CT molecular complexity index is 998. The Labute approximate surface area is 154 Å². The molecule has 1 aromatic carbocycles. The second kappa shape index (κ2) is 6.57. The number of anilines is 1. The van der Waals surface area contributed by atoms with Crippen molar-refractivity contribution in [3.63, 3.8) is 0 Å². The van der Waals surface area contributed by atoms with Crippen molar-refractivity contribution in [2.24, 2.45) is 0 Å². The van der Waals surface area contributed by atoms with Crippen LogP contribution in [-0.4, -0.2) is 18.0 Å². The number of halogens is 1. The number of carbonyl (C=O) groups is 1. The summed E-state index contributed by atoms with van der Waals surface area (Å²) in [7, 11) is 1.41. The molecule has 0 spiro atoms. The topological polar surface area (TPSA) is 77.2 Å². The van der Waals surface area contributed by atoms with Crippen LogP contribution in [-0.2, 0) is 6.54 Å². The highest BCUT2D eigenvalue weighted by molar-refractivity contribution is 7.21. The number of nitrogen functional groups attached to an aromatic ring is 1. The lowest BCUT2D eigenvalue weighted by atomic mass is 10.1. The average molecular weight is 371 g/mol. The van der Waals surface area contributed by atoms with Gasteiger partial charge in [-0.3, -0.25) is 9.78 Å². The molecule has 1 aliphatic rings. The Kier molecular flexibility index (Phi) is 4.24. The third-order valence-electron chi connectivity index (χ3n) is 4.56. The summed E-state index contributed by atoms with van der Waals surface area (Å²) in [5.41, 5.74) is 8.57. The van der Waals surface area contributed by atoms with E-state index in [4.69, 9.17) is 10.5 Å². The molecule has 7 heteroatoms. The molecule has 4 rings (SSSR count). The number of aromatic nitrogens is 1. The van der Waals surface area contributed by atoms with Gasteiger partial charge in [0.05, 0.1) is 17.5 Å². The second-order valence-corrected chi connectivity index (χ2v) is 7.42. The molecule has 3 aromatic rings. The predicted octanol–water partition coefficient (Wildman–Crippen LogP) is 3.83. The fraction of sp³-hybridized carbons (Fsp3) is 0.263. The number of ether oxygens (including phenoxy) is 1. The molecule has 0 atom stereocenters. The van der Waals surface area contributed by atoms with E-state index in [9.17, 15) is 9.18 Å². The molecule has 1 fully saturated rings. The third kappa shape index (κ3) is 2.99. The average Bonchev–Trinajstić information content (AvgIpc) is 3.43. The van der Waals surface area contributed by atoms with Crippen LogP contribution in [0.2, 0.25) is 0 Å². The van der Waals surface area contributed by atoms with Gasteiger partial charge in [-0.05, 0) is 42.0 Å². The molecular formula is C19H18FN3O2S. The lowest BCUT2D eigenvalue weighted by Crippen LogP contribution is -2.22. The first kappa shape index (κ1) is 16.8. The molecule has 2 heterocycles. The Morgan fingerprint density at radius 3 is 2.92 bits per heavy atom. The fourth-order valence-electron chi connectivity index (χ4n) is 3.06. The maximum absolute atomic E-state index is 13.8. The van der Waals surface area contributed by atoms with E-state index >= 15 is 0 Å². The Hall–Kier alpha value is -2.67. The van der Waals surface area contributed by atoms with Gasteiger partial charge in [0.2, 0.25) is 0 Å². The number of hydrogen-bond donors (Lipinski definition) is 2. The quantitative estimate of drug-likeness (QED) is 0.714. The van der Waals surface area contributed by atoms with Crippen molar-refractivity contribution in [3.8, 4) is 5.75 Å². The Balaban J connectivity index is 1.56. The van der Waals surface area contributed by atoms with Crippen LogP contribution in [0.15, 0.2) is 30.6 Å². The highest BCUT2D eigenvalue weighted by Gasteiger charge is 2.28. The zero-order valence-electron chi connectivity index (χ0n) is 14.2. The summed E-state index contributed by atoms with van der Waals surface area (Å²) in [5, 5.41) is 3.76. The van der Waals surface area contributed by atoms with Crippen LogP contribution in [0.3, 0.4) is 0 Å². The van der Waals surface area contributed by atoms with E-state index in [2.05, 4.69) is 10.3 Å². The molecule has 0 bridgehead atoms. The van der Waals surface area contributed by atoms with E-state index < -0.39 is 5.82 Å². The van der Waals surface area contributed by atoms with Crippen molar-refractivity contribution in [2.75, 3.05) is 12.8 Å². The van der Waals surface area contributed by atoms with Gasteiger partial charge in [-0.2, -0.15) is 0 Å². The van der Waals surface area contributed by atoms with Gasteiger partial charge in [0.1, 0.15) is 4.88 Å². The number of amides is 1. The molecule has 1 amide bonds. The summed E-state index contributed by atoms with van der Waals surface area (Å²) in [5.74, 6) is -0.0438. The molecule has 2 aromatic heterocycles. The van der Waals surface area contributed by atoms with Gasteiger partial charge >= 0.3 is 0 Å². The van der Waals surface area contributed by atoms with Crippen molar-refractivity contribution >= 4 is 33.0 Å². The first-order valence-electron chi connectivity index (χ1n) is 8.35. The van der Waals surface area contributed by atoms with Gasteiger partial charge in [0.15, 0.2) is 11.6 Å². The minimum absolute atomic E-state index is 0.175. The minimum atomic E-state index is -0.458. The first-order valence-corrected chi connectivity index (χ1v) is 9.16. The molecule has 0 unspecified atom stereocenters. The number of fused-ring (bicyclic) bond motifs is 1. The summed E-state index contributed by atoms with van der Waals surface area (Å²) in [6.07, 6.45) is 5.88. The standard InChI is InChI=1S/C19H18FN3O2S/c1-25-14-5-2-10(6-13(14)20)7-23-19(24)18-17(21)16-12(11-3-4-11)8-22-9-15(16)26-18/h2,5-6,8-9,11H,3-4,7,21H2,1H3,(H,23,24). The molecule has 5 nitrogen and oxygen atoms in total. The SMILES string of the molecule is COc1ccc(CNC(=O)c2sc3cncc(C4CC4)c3c2N)cc1F. The number of benzene rings is 1. The molecular weight excluding hydrogens is 353 g/mol. The Morgan fingerprint density at radius 2 is 2.23 bits per heavy atom. The second-order valence-electron chi connectivity index (χ2n) is 6.37. The summed E-state index contributed by atoms with van der Waals surface area (Å²) in [4.78, 5) is 17.3. The fourth-order valence-corrected chi connectivity index (χ4v) is 4.10. The van der Waals surface area contributed by atoms with E-state index in [0.29, 0.717) is 22.0 Å². The molecule has 0 saturated heterocycles. The maximum Gasteiger partial charge on any atom is 0.263 e. The van der Waals surface area contributed by atoms with Gasteiger partial charge in [-0.1, -0.05) is 6.07 Å². The van der Waals surface area contributed by atoms with Crippen molar-refractivity contribution in [1.82, 2.24) is 10.3 Å². The van der Waals surface area contributed by atoms with E-state index in [1.165, 1.54) is 30.6 Å². The van der Waals surface area contributed by atoms with Crippen LogP contribution < -0.4 is 15.8 Å². The summed E-state index contributed by atoms with van der Waals surface area (Å²) in [6, 6.07) is 4.60. The summed E-state index contributed by atoms with van der Waals surface area (Å²) < 4.78 is 19.6. The number of pyridine rings is 1. The number of nitrogens with one attached hydrogen (secondary N) is 1. The molecule has 1 aliphatic carbocycles. The van der Waals surface area contributed by atoms with E-state index in [1.54, 1.807) is 12.3 Å².